The summed E-state index contributed by atoms with van der Waals surface area (Å²) in [6.45, 7) is 0.145. The van der Waals surface area contributed by atoms with Gasteiger partial charge in [0.05, 0.1) is 32.6 Å². The summed E-state index contributed by atoms with van der Waals surface area (Å²) in [6.07, 6.45) is -1.95. The minimum atomic E-state index is -4.35. The highest BCUT2D eigenvalue weighted by molar-refractivity contribution is 5.85. The monoisotopic (exact) mass is 480 g/mol. The second kappa shape index (κ2) is 10.6. The van der Waals surface area contributed by atoms with Crippen molar-refractivity contribution < 1.29 is 27.0 Å². The predicted octanol–water partition coefficient (Wildman–Crippen LogP) is 4.41. The largest absolute Gasteiger partial charge is 0.495 e. The van der Waals surface area contributed by atoms with Crippen molar-refractivity contribution in [1.82, 2.24) is 20.2 Å². The molecule has 1 atom stereocenters. The van der Waals surface area contributed by atoms with Crippen molar-refractivity contribution in [3.63, 3.8) is 0 Å². The van der Waals surface area contributed by atoms with Crippen molar-refractivity contribution in [1.29, 1.82) is 0 Å². The van der Waals surface area contributed by atoms with Crippen molar-refractivity contribution in [2.75, 3.05) is 46.6 Å². The Morgan fingerprint density at radius 1 is 1.24 bits per heavy atom. The molecule has 0 bridgehead atoms. The molecule has 0 spiro atoms. The number of benzene rings is 1. The molecule has 1 aliphatic heterocycles. The van der Waals surface area contributed by atoms with E-state index in [9.17, 15) is 17.6 Å². The third kappa shape index (κ3) is 5.44. The lowest BCUT2D eigenvalue weighted by Crippen LogP contribution is -2.42. The molecule has 0 radical (unpaired) electrons. The number of nitrogens with zero attached hydrogens (tertiary/aromatic N) is 2. The smallest absolute Gasteiger partial charge is 0.401 e. The van der Waals surface area contributed by atoms with Gasteiger partial charge in [0.1, 0.15) is 12.4 Å². The van der Waals surface area contributed by atoms with Crippen LogP contribution in [0.5, 0.6) is 11.6 Å². The summed E-state index contributed by atoms with van der Waals surface area (Å²) in [5, 5.41) is 4.07. The van der Waals surface area contributed by atoms with Crippen LogP contribution in [-0.2, 0) is 6.42 Å². The van der Waals surface area contributed by atoms with Gasteiger partial charge >= 0.3 is 6.18 Å². The number of rotatable bonds is 10. The zero-order valence-corrected chi connectivity index (χ0v) is 18.9. The van der Waals surface area contributed by atoms with Gasteiger partial charge in [-0.2, -0.15) is 13.2 Å². The van der Waals surface area contributed by atoms with Gasteiger partial charge in [0.25, 0.3) is 0 Å². The molecule has 3 heterocycles. The first-order valence-corrected chi connectivity index (χ1v) is 11.2. The van der Waals surface area contributed by atoms with Crippen molar-refractivity contribution in [2.45, 2.75) is 25.1 Å². The molecule has 6 nitrogen and oxygen atoms in total. The van der Waals surface area contributed by atoms with Gasteiger partial charge in [0, 0.05) is 41.3 Å². The van der Waals surface area contributed by atoms with Gasteiger partial charge in [-0.15, -0.1) is 0 Å². The topological polar surface area (TPSA) is 62.4 Å². The normalized spacial score (nSPS) is 16.6. The van der Waals surface area contributed by atoms with Gasteiger partial charge in [-0.05, 0) is 31.0 Å². The number of H-pyrrole nitrogens is 1. The number of methoxy groups -OCH3 is 1. The van der Waals surface area contributed by atoms with Crippen LogP contribution in [-0.4, -0.2) is 67.6 Å². The summed E-state index contributed by atoms with van der Waals surface area (Å²) in [5.74, 6) is 0.676. The first-order valence-electron chi connectivity index (χ1n) is 11.2. The number of para-hydroxylation sites is 1. The Bertz CT molecular complexity index is 1100. The van der Waals surface area contributed by atoms with Crippen molar-refractivity contribution in [2.24, 2.45) is 0 Å². The van der Waals surface area contributed by atoms with Gasteiger partial charge in [-0.25, -0.2) is 4.98 Å². The van der Waals surface area contributed by atoms with E-state index < -0.39 is 18.8 Å². The van der Waals surface area contributed by atoms with Crippen molar-refractivity contribution in [3.8, 4) is 11.6 Å². The highest BCUT2D eigenvalue weighted by atomic mass is 19.4. The molecule has 0 saturated carbocycles. The number of aromatic nitrogens is 2. The van der Waals surface area contributed by atoms with E-state index in [1.165, 1.54) is 18.2 Å². The number of hydrogen-bond donors (Lipinski definition) is 2. The van der Waals surface area contributed by atoms with Gasteiger partial charge in [0.15, 0.2) is 0 Å². The van der Waals surface area contributed by atoms with Crippen molar-refractivity contribution >= 4 is 10.9 Å². The average molecular weight is 481 g/mol. The van der Waals surface area contributed by atoms with Crippen LogP contribution in [0.15, 0.2) is 36.5 Å². The zero-order valence-electron chi connectivity index (χ0n) is 18.9. The number of fused-ring (bicyclic) bond motifs is 3. The number of nitrogens with one attached hydrogen (secondary N) is 2. The molecule has 1 aliphatic rings. The number of halogens is 4. The molecule has 3 aromatic rings. The van der Waals surface area contributed by atoms with E-state index in [0.29, 0.717) is 49.7 Å². The lowest BCUT2D eigenvalue weighted by atomic mass is 9.92. The lowest BCUT2D eigenvalue weighted by molar-refractivity contribution is -0.150. The SMILES string of the molecule is COc1cnc(OCCNCCCF)cc1C1c2[nH]c3ccccc3c2CCN1CC(F)(F)F. The summed E-state index contributed by atoms with van der Waals surface area (Å²) in [7, 11) is 1.47. The molecule has 34 heavy (non-hydrogen) atoms. The molecule has 0 fully saturated rings. The fraction of sp³-hybridized carbons (Fsp3) is 0.458. The maximum Gasteiger partial charge on any atom is 0.401 e. The van der Waals surface area contributed by atoms with E-state index in [0.717, 1.165) is 22.2 Å². The maximum atomic E-state index is 13.5. The minimum absolute atomic E-state index is 0.249. The number of hydrogen-bond acceptors (Lipinski definition) is 5. The van der Waals surface area contributed by atoms with Crippen LogP contribution in [0.4, 0.5) is 17.6 Å². The second-order valence-electron chi connectivity index (χ2n) is 8.21. The maximum absolute atomic E-state index is 13.5. The van der Waals surface area contributed by atoms with Crippen LogP contribution in [0.25, 0.3) is 10.9 Å². The molecule has 2 N–H and O–H groups in total. The van der Waals surface area contributed by atoms with Crippen LogP contribution in [0, 0.1) is 0 Å². The Labute approximate surface area is 195 Å². The molecule has 1 unspecified atom stereocenters. The predicted molar refractivity (Wildman–Crippen MR) is 121 cm³/mol. The fourth-order valence-electron chi connectivity index (χ4n) is 4.49. The van der Waals surface area contributed by atoms with Crippen molar-refractivity contribution in [3.05, 3.63) is 53.3 Å². The molecular formula is C24H28F4N4O2. The number of pyridine rings is 1. The Morgan fingerprint density at radius 3 is 2.82 bits per heavy atom. The first-order chi connectivity index (χ1) is 16.4. The summed E-state index contributed by atoms with van der Waals surface area (Å²) >= 11 is 0. The van der Waals surface area contributed by atoms with E-state index in [1.54, 1.807) is 6.07 Å². The van der Waals surface area contributed by atoms with E-state index in [1.807, 2.05) is 24.3 Å². The molecule has 0 saturated heterocycles. The molecule has 2 aromatic heterocycles. The molecule has 0 aliphatic carbocycles. The summed E-state index contributed by atoms with van der Waals surface area (Å²) in [5.41, 5.74) is 3.17. The van der Waals surface area contributed by atoms with Gasteiger partial charge in [-0.1, -0.05) is 18.2 Å². The van der Waals surface area contributed by atoms with Gasteiger partial charge < -0.3 is 19.8 Å². The third-order valence-corrected chi connectivity index (χ3v) is 5.92. The third-order valence-electron chi connectivity index (χ3n) is 5.92. The Morgan fingerprint density at radius 2 is 2.06 bits per heavy atom. The molecule has 184 valence electrons. The average Bonchev–Trinajstić information content (AvgIpc) is 3.18. The van der Waals surface area contributed by atoms with E-state index in [2.05, 4.69) is 15.3 Å². The molecule has 1 aromatic carbocycles. The molecular weight excluding hydrogens is 452 g/mol. The summed E-state index contributed by atoms with van der Waals surface area (Å²) in [6, 6.07) is 8.67. The Kier molecular flexibility index (Phi) is 7.57. The quantitative estimate of drug-likeness (QED) is 0.333. The fourth-order valence-corrected chi connectivity index (χ4v) is 4.49. The standard InChI is InChI=1S/C24H28F4N4O2/c1-33-20-14-30-21(34-12-10-29-9-4-8-25)13-18(20)23-22-17(7-11-32(23)15-24(26,27)28)16-5-2-3-6-19(16)31-22/h2-3,5-6,13-14,23,29,31H,4,7-12,15H2,1H3. The van der Waals surface area contributed by atoms with Crippen LogP contribution in [0.3, 0.4) is 0 Å². The highest BCUT2D eigenvalue weighted by Crippen LogP contribution is 2.43. The van der Waals surface area contributed by atoms with Gasteiger partial charge in [-0.3, -0.25) is 9.29 Å². The Balaban J connectivity index is 1.68. The number of alkyl halides is 4. The van der Waals surface area contributed by atoms with E-state index in [-0.39, 0.29) is 13.2 Å². The van der Waals surface area contributed by atoms with Gasteiger partial charge in [0.2, 0.25) is 5.88 Å². The van der Waals surface area contributed by atoms with E-state index >= 15 is 0 Å². The van der Waals surface area contributed by atoms with Crippen LogP contribution in [0.2, 0.25) is 0 Å². The zero-order chi connectivity index (χ0) is 24.1. The molecule has 0 amide bonds. The van der Waals surface area contributed by atoms with Crippen LogP contribution < -0.4 is 14.8 Å². The Hall–Kier alpha value is -2.85. The van der Waals surface area contributed by atoms with Crippen LogP contribution in [0.1, 0.15) is 29.3 Å². The molecule has 10 heteroatoms. The lowest BCUT2D eigenvalue weighted by Gasteiger charge is -2.37. The summed E-state index contributed by atoms with van der Waals surface area (Å²) < 4.78 is 64.0. The van der Waals surface area contributed by atoms with Crippen LogP contribution >= 0.6 is 0 Å². The van der Waals surface area contributed by atoms with E-state index in [4.69, 9.17) is 9.47 Å². The first kappa shape index (κ1) is 24.3. The second-order valence-corrected chi connectivity index (χ2v) is 8.21. The summed E-state index contributed by atoms with van der Waals surface area (Å²) in [4.78, 5) is 9.02. The highest BCUT2D eigenvalue weighted by Gasteiger charge is 2.40. The number of aromatic amines is 1. The number of ether oxygens (including phenoxy) is 2. The molecule has 4 rings (SSSR count). The minimum Gasteiger partial charge on any atom is -0.495 e.